The van der Waals surface area contributed by atoms with E-state index in [-0.39, 0.29) is 35.6 Å². The number of benzene rings is 2. The van der Waals surface area contributed by atoms with Gasteiger partial charge in [-0.3, -0.25) is 14.5 Å². The van der Waals surface area contributed by atoms with Gasteiger partial charge in [0, 0.05) is 24.5 Å². The molecule has 4 heterocycles. The second-order valence-corrected chi connectivity index (χ2v) is 8.96. The third-order valence-corrected chi connectivity index (χ3v) is 7.48. The lowest BCUT2D eigenvalue weighted by Gasteiger charge is -2.49. The van der Waals surface area contributed by atoms with Crippen LogP contribution >= 0.6 is 0 Å². The molecule has 3 fully saturated rings. The predicted molar refractivity (Wildman–Crippen MR) is 111 cm³/mol. The molecule has 0 saturated carbocycles. The van der Waals surface area contributed by atoms with Crippen molar-refractivity contribution in [2.45, 2.75) is 31.3 Å². The molecule has 146 valence electrons. The van der Waals surface area contributed by atoms with Gasteiger partial charge >= 0.3 is 0 Å². The van der Waals surface area contributed by atoms with Crippen LogP contribution < -0.4 is 4.90 Å². The highest BCUT2D eigenvalue weighted by Crippen LogP contribution is 2.53. The topological polar surface area (TPSA) is 40.6 Å². The molecule has 2 bridgehead atoms. The van der Waals surface area contributed by atoms with Crippen molar-refractivity contribution < 1.29 is 9.59 Å². The van der Waals surface area contributed by atoms with E-state index in [1.165, 1.54) is 10.5 Å². The molecular weight excluding hydrogens is 360 g/mol. The Balaban J connectivity index is 1.33. The van der Waals surface area contributed by atoms with E-state index in [1.807, 2.05) is 31.2 Å². The van der Waals surface area contributed by atoms with Crippen LogP contribution in [0.5, 0.6) is 0 Å². The van der Waals surface area contributed by atoms with Gasteiger partial charge in [-0.2, -0.15) is 0 Å². The molecule has 7 rings (SSSR count). The number of rotatable bonds is 2. The predicted octanol–water partition coefficient (Wildman–Crippen LogP) is 3.53. The van der Waals surface area contributed by atoms with Gasteiger partial charge in [0.2, 0.25) is 11.8 Å². The van der Waals surface area contributed by atoms with Crippen molar-refractivity contribution in [2.75, 3.05) is 11.4 Å². The Morgan fingerprint density at radius 3 is 2.34 bits per heavy atom. The van der Waals surface area contributed by atoms with Gasteiger partial charge < -0.3 is 0 Å². The molecule has 0 spiro atoms. The highest BCUT2D eigenvalue weighted by molar-refractivity contribution is 6.22. The summed E-state index contributed by atoms with van der Waals surface area (Å²) in [7, 11) is 0. The Morgan fingerprint density at radius 1 is 0.862 bits per heavy atom. The number of nitrogens with zero attached hydrogens (tertiary/aromatic N) is 2. The molecule has 4 nitrogen and oxygen atoms in total. The van der Waals surface area contributed by atoms with Crippen LogP contribution in [0.15, 0.2) is 66.7 Å². The Kier molecular flexibility index (Phi) is 3.63. The molecule has 6 unspecified atom stereocenters. The molecule has 2 amide bonds. The van der Waals surface area contributed by atoms with Crippen LogP contribution in [0.25, 0.3) is 0 Å². The smallest absolute Gasteiger partial charge is 0.239 e. The summed E-state index contributed by atoms with van der Waals surface area (Å²) >= 11 is 0. The lowest BCUT2D eigenvalue weighted by molar-refractivity contribution is -0.128. The molecule has 5 aliphatic rings. The number of aryl methyl sites for hydroxylation is 1. The summed E-state index contributed by atoms with van der Waals surface area (Å²) in [5.41, 5.74) is 3.20. The minimum Gasteiger partial charge on any atom is -0.292 e. The first-order valence-electron chi connectivity index (χ1n) is 10.6. The van der Waals surface area contributed by atoms with Crippen LogP contribution in [0.2, 0.25) is 0 Å². The van der Waals surface area contributed by atoms with Crippen molar-refractivity contribution >= 4 is 17.5 Å². The summed E-state index contributed by atoms with van der Waals surface area (Å²) in [6, 6.07) is 18.8. The maximum absolute atomic E-state index is 13.4. The number of carbonyl (C=O) groups is 2. The largest absolute Gasteiger partial charge is 0.292 e. The third-order valence-electron chi connectivity index (χ3n) is 7.48. The quantitative estimate of drug-likeness (QED) is 0.588. The highest BCUT2D eigenvalue weighted by Gasteiger charge is 2.63. The number of piperidine rings is 1. The minimum absolute atomic E-state index is 0.00832. The van der Waals surface area contributed by atoms with E-state index in [1.54, 1.807) is 0 Å². The van der Waals surface area contributed by atoms with E-state index in [0.29, 0.717) is 17.6 Å². The maximum atomic E-state index is 13.4. The standard InChI is InChI=1S/C25H24N2O2/c1-15-7-9-18(10-8-15)27-24(28)22-19-11-12-20(23(22)25(27)29)26-14-17(13-21(19)26)16-5-3-2-4-6-16/h2-12,17,19-23H,13-14H2,1H3. The van der Waals surface area contributed by atoms with Crippen molar-refractivity contribution in [1.82, 2.24) is 4.90 Å². The first-order valence-corrected chi connectivity index (χ1v) is 10.6. The van der Waals surface area contributed by atoms with E-state index < -0.39 is 0 Å². The van der Waals surface area contributed by atoms with Gasteiger partial charge in [0.25, 0.3) is 0 Å². The van der Waals surface area contributed by atoms with E-state index in [0.717, 1.165) is 18.5 Å². The Bertz CT molecular complexity index is 973. The maximum Gasteiger partial charge on any atom is 0.239 e. The van der Waals surface area contributed by atoms with Gasteiger partial charge in [0.15, 0.2) is 0 Å². The molecule has 2 aromatic rings. The molecule has 4 heteroatoms. The summed E-state index contributed by atoms with van der Waals surface area (Å²) in [6.07, 6.45) is 5.48. The summed E-state index contributed by atoms with van der Waals surface area (Å²) in [4.78, 5) is 30.8. The lowest BCUT2D eigenvalue weighted by Crippen LogP contribution is -2.59. The van der Waals surface area contributed by atoms with Crippen molar-refractivity contribution in [3.63, 3.8) is 0 Å². The highest BCUT2D eigenvalue weighted by atomic mass is 16.2. The summed E-state index contributed by atoms with van der Waals surface area (Å²) < 4.78 is 0. The van der Waals surface area contributed by atoms with Crippen LogP contribution in [-0.4, -0.2) is 35.3 Å². The molecule has 2 aromatic carbocycles. The molecule has 3 saturated heterocycles. The van der Waals surface area contributed by atoms with Crippen LogP contribution in [0.4, 0.5) is 5.69 Å². The van der Waals surface area contributed by atoms with Crippen molar-refractivity contribution in [3.05, 3.63) is 77.9 Å². The first-order chi connectivity index (χ1) is 14.1. The van der Waals surface area contributed by atoms with E-state index in [2.05, 4.69) is 47.4 Å². The van der Waals surface area contributed by atoms with Crippen LogP contribution in [0, 0.1) is 24.7 Å². The van der Waals surface area contributed by atoms with Crippen LogP contribution in [0.3, 0.4) is 0 Å². The Hall–Kier alpha value is -2.72. The van der Waals surface area contributed by atoms with Gasteiger partial charge in [-0.25, -0.2) is 4.90 Å². The van der Waals surface area contributed by atoms with E-state index in [9.17, 15) is 9.59 Å². The fraction of sp³-hybridized carbons (Fsp3) is 0.360. The molecule has 0 radical (unpaired) electrons. The summed E-state index contributed by atoms with van der Waals surface area (Å²) in [5, 5.41) is 0. The average Bonchev–Trinajstić information content (AvgIpc) is 3.32. The Morgan fingerprint density at radius 2 is 1.59 bits per heavy atom. The molecule has 0 aromatic heterocycles. The van der Waals surface area contributed by atoms with E-state index in [4.69, 9.17) is 0 Å². The van der Waals surface area contributed by atoms with Crippen LogP contribution in [0.1, 0.15) is 23.5 Å². The normalized spacial score (nSPS) is 35.3. The van der Waals surface area contributed by atoms with Crippen molar-refractivity contribution in [2.24, 2.45) is 17.8 Å². The second-order valence-electron chi connectivity index (χ2n) is 8.96. The van der Waals surface area contributed by atoms with Crippen LogP contribution in [-0.2, 0) is 9.59 Å². The SMILES string of the molecule is Cc1ccc(N2C(=O)C3C4C=CC(C3C2=O)N2CC(c3ccccc3)CC42)cc1. The fourth-order valence-electron chi connectivity index (χ4n) is 6.17. The number of imide groups is 1. The van der Waals surface area contributed by atoms with Crippen molar-refractivity contribution in [1.29, 1.82) is 0 Å². The molecule has 0 N–H and O–H groups in total. The molecule has 4 aliphatic heterocycles. The fourth-order valence-corrected chi connectivity index (χ4v) is 6.17. The van der Waals surface area contributed by atoms with Gasteiger partial charge in [0.1, 0.15) is 0 Å². The summed E-state index contributed by atoms with van der Waals surface area (Å²) in [5.74, 6) is 0.115. The molecular formula is C25H24N2O2. The molecule has 1 aliphatic carbocycles. The lowest BCUT2D eigenvalue weighted by atomic mass is 9.67. The number of hydrogen-bond donors (Lipinski definition) is 0. The van der Waals surface area contributed by atoms with E-state index >= 15 is 0 Å². The second kappa shape index (κ2) is 6.14. The number of amides is 2. The number of anilines is 1. The number of carbonyl (C=O) groups excluding carboxylic acids is 2. The van der Waals surface area contributed by atoms with Crippen molar-refractivity contribution in [3.8, 4) is 0 Å². The minimum atomic E-state index is -0.246. The molecule has 29 heavy (non-hydrogen) atoms. The van der Waals surface area contributed by atoms with Gasteiger partial charge in [-0.1, -0.05) is 60.2 Å². The Labute approximate surface area is 170 Å². The zero-order valence-corrected chi connectivity index (χ0v) is 16.4. The summed E-state index contributed by atoms with van der Waals surface area (Å²) in [6.45, 7) is 2.98. The monoisotopic (exact) mass is 384 g/mol. The van der Waals surface area contributed by atoms with Gasteiger partial charge in [-0.05, 0) is 37.0 Å². The average molecular weight is 384 g/mol. The first kappa shape index (κ1) is 17.2. The zero-order chi connectivity index (χ0) is 19.7. The molecule has 6 atom stereocenters. The third kappa shape index (κ3) is 2.35. The van der Waals surface area contributed by atoms with Gasteiger partial charge in [0.05, 0.1) is 17.5 Å². The number of hydrogen-bond acceptors (Lipinski definition) is 3. The van der Waals surface area contributed by atoms with Gasteiger partial charge in [-0.15, -0.1) is 0 Å². The zero-order valence-electron chi connectivity index (χ0n) is 16.4.